The number of aliphatic hydroxyl groups is 1. The van der Waals surface area contributed by atoms with E-state index in [1.54, 1.807) is 12.1 Å². The molecular weight excluding hydrogens is 389 g/mol. The Morgan fingerprint density at radius 1 is 1.10 bits per heavy atom. The zero-order valence-electron chi connectivity index (χ0n) is 17.2. The van der Waals surface area contributed by atoms with Gasteiger partial charge in [0.05, 0.1) is 24.4 Å². The number of amides is 3. The summed E-state index contributed by atoms with van der Waals surface area (Å²) in [5.74, 6) is -0.243. The Balaban J connectivity index is 1.40. The minimum atomic E-state index is -0.538. The second kappa shape index (κ2) is 11.3. The van der Waals surface area contributed by atoms with Crippen molar-refractivity contribution in [2.24, 2.45) is 5.92 Å². The molecule has 0 unspecified atom stereocenters. The van der Waals surface area contributed by atoms with E-state index in [1.165, 1.54) is 18.6 Å². The van der Waals surface area contributed by atoms with Crippen LogP contribution in [-0.2, 0) is 9.53 Å². The molecule has 4 N–H and O–H groups in total. The first-order chi connectivity index (χ1) is 14.6. The highest BCUT2D eigenvalue weighted by Crippen LogP contribution is 2.24. The zero-order valence-corrected chi connectivity index (χ0v) is 17.2. The van der Waals surface area contributed by atoms with E-state index in [0.29, 0.717) is 25.8 Å². The predicted molar refractivity (Wildman–Crippen MR) is 112 cm³/mol. The molecule has 30 heavy (non-hydrogen) atoms. The minimum absolute atomic E-state index is 0.0820. The molecule has 0 aromatic heterocycles. The third-order valence-corrected chi connectivity index (χ3v) is 5.98. The number of anilines is 1. The quantitative estimate of drug-likeness (QED) is 0.544. The summed E-state index contributed by atoms with van der Waals surface area (Å²) in [6, 6.07) is 5.03. The molecule has 2 aliphatic rings. The molecule has 3 atom stereocenters. The number of nitrogens with one attached hydrogen (secondary N) is 3. The van der Waals surface area contributed by atoms with E-state index >= 15 is 0 Å². The van der Waals surface area contributed by atoms with Gasteiger partial charge in [-0.3, -0.25) is 4.79 Å². The van der Waals surface area contributed by atoms with Crippen molar-refractivity contribution in [1.29, 1.82) is 0 Å². The molecular formula is C22H32FN3O4. The van der Waals surface area contributed by atoms with Crippen molar-refractivity contribution >= 4 is 17.6 Å². The fraction of sp³-hybridized carbons (Fsp3) is 0.636. The van der Waals surface area contributed by atoms with Crippen molar-refractivity contribution in [3.63, 3.8) is 0 Å². The summed E-state index contributed by atoms with van der Waals surface area (Å²) in [6.07, 6.45) is 6.81. The van der Waals surface area contributed by atoms with Crippen LogP contribution < -0.4 is 16.0 Å². The molecule has 3 rings (SSSR count). The van der Waals surface area contributed by atoms with E-state index in [-0.39, 0.29) is 36.3 Å². The number of hydrogen-bond donors (Lipinski definition) is 4. The molecule has 0 bridgehead atoms. The SMILES string of the molecule is O=C(Nc1ccccc1F)N[C@H]1CC[C@@H](CCNC(=O)C2CCCCC2)O[C@@H]1CO. The highest BCUT2D eigenvalue weighted by molar-refractivity contribution is 5.89. The maximum absolute atomic E-state index is 13.7. The predicted octanol–water partition coefficient (Wildman–Crippen LogP) is 2.94. The number of para-hydroxylation sites is 1. The molecule has 3 amide bonds. The average Bonchev–Trinajstić information content (AvgIpc) is 2.76. The van der Waals surface area contributed by atoms with Gasteiger partial charge in [0.1, 0.15) is 11.9 Å². The molecule has 1 saturated carbocycles. The number of hydrogen-bond acceptors (Lipinski definition) is 4. The molecule has 1 aliphatic carbocycles. The Kier molecular flexibility index (Phi) is 8.45. The van der Waals surface area contributed by atoms with Crippen LogP contribution in [0.2, 0.25) is 0 Å². The van der Waals surface area contributed by atoms with E-state index in [0.717, 1.165) is 25.7 Å². The van der Waals surface area contributed by atoms with Gasteiger partial charge < -0.3 is 25.8 Å². The number of aliphatic hydroxyl groups excluding tert-OH is 1. The highest BCUT2D eigenvalue weighted by atomic mass is 19.1. The van der Waals surface area contributed by atoms with Gasteiger partial charge in [0, 0.05) is 12.5 Å². The van der Waals surface area contributed by atoms with Gasteiger partial charge in [0.15, 0.2) is 0 Å². The number of urea groups is 1. The van der Waals surface area contributed by atoms with Gasteiger partial charge in [-0.15, -0.1) is 0 Å². The molecule has 2 fully saturated rings. The largest absolute Gasteiger partial charge is 0.394 e. The summed E-state index contributed by atoms with van der Waals surface area (Å²) >= 11 is 0. The summed E-state index contributed by atoms with van der Waals surface area (Å²) in [5.41, 5.74) is 0.0962. The Morgan fingerprint density at radius 2 is 1.87 bits per heavy atom. The zero-order chi connectivity index (χ0) is 21.3. The van der Waals surface area contributed by atoms with Crippen molar-refractivity contribution in [3.8, 4) is 0 Å². The molecule has 1 aliphatic heterocycles. The third-order valence-electron chi connectivity index (χ3n) is 5.98. The lowest BCUT2D eigenvalue weighted by Crippen LogP contribution is -2.52. The summed E-state index contributed by atoms with van der Waals surface area (Å²) in [7, 11) is 0. The summed E-state index contributed by atoms with van der Waals surface area (Å²) in [5, 5.41) is 17.9. The van der Waals surface area contributed by atoms with E-state index in [1.807, 2.05) is 0 Å². The van der Waals surface area contributed by atoms with Crippen molar-refractivity contribution in [2.75, 3.05) is 18.5 Å². The topological polar surface area (TPSA) is 99.7 Å². The molecule has 1 saturated heterocycles. The second-order valence-corrected chi connectivity index (χ2v) is 8.16. The lowest BCUT2D eigenvalue weighted by molar-refractivity contribution is -0.126. The van der Waals surface area contributed by atoms with Gasteiger partial charge >= 0.3 is 6.03 Å². The molecule has 7 nitrogen and oxygen atoms in total. The van der Waals surface area contributed by atoms with Crippen molar-refractivity contribution in [3.05, 3.63) is 30.1 Å². The Bertz CT molecular complexity index is 711. The number of benzene rings is 1. The molecule has 1 aromatic carbocycles. The first-order valence-electron chi connectivity index (χ1n) is 10.9. The number of carbonyl (C=O) groups is 2. The standard InChI is InChI=1S/C22H32FN3O4/c23-17-8-4-5-9-18(17)25-22(29)26-19-11-10-16(30-20(19)14-27)12-13-24-21(28)15-6-2-1-3-7-15/h4-5,8-9,15-16,19-20,27H,1-3,6-7,10-14H2,(H,24,28)(H2,25,26,29)/t16-,19-,20+/m0/s1. The maximum Gasteiger partial charge on any atom is 0.319 e. The number of carbonyl (C=O) groups excluding carboxylic acids is 2. The van der Waals surface area contributed by atoms with Crippen LogP contribution in [0.25, 0.3) is 0 Å². The fourth-order valence-corrected chi connectivity index (χ4v) is 4.26. The van der Waals surface area contributed by atoms with Crippen LogP contribution in [0.1, 0.15) is 51.4 Å². The first-order valence-corrected chi connectivity index (χ1v) is 10.9. The lowest BCUT2D eigenvalue weighted by atomic mass is 9.88. The van der Waals surface area contributed by atoms with Crippen molar-refractivity contribution in [1.82, 2.24) is 10.6 Å². The minimum Gasteiger partial charge on any atom is -0.394 e. The van der Waals surface area contributed by atoms with Crippen molar-refractivity contribution in [2.45, 2.75) is 69.6 Å². The summed E-state index contributed by atoms with van der Waals surface area (Å²) in [6.45, 7) is 0.319. The van der Waals surface area contributed by atoms with Gasteiger partial charge in [-0.25, -0.2) is 9.18 Å². The van der Waals surface area contributed by atoms with Crippen LogP contribution in [0.4, 0.5) is 14.9 Å². The smallest absolute Gasteiger partial charge is 0.319 e. The molecule has 1 aromatic rings. The Labute approximate surface area is 176 Å². The second-order valence-electron chi connectivity index (χ2n) is 8.16. The van der Waals surface area contributed by atoms with Crippen LogP contribution in [0, 0.1) is 11.7 Å². The van der Waals surface area contributed by atoms with Gasteiger partial charge in [0.2, 0.25) is 5.91 Å². The number of rotatable bonds is 7. The fourth-order valence-electron chi connectivity index (χ4n) is 4.26. The maximum atomic E-state index is 13.7. The Morgan fingerprint density at radius 3 is 2.60 bits per heavy atom. The van der Waals surface area contributed by atoms with Crippen LogP contribution in [0.15, 0.2) is 24.3 Å². The lowest BCUT2D eigenvalue weighted by Gasteiger charge is -2.36. The van der Waals surface area contributed by atoms with Gasteiger partial charge in [-0.1, -0.05) is 31.4 Å². The summed E-state index contributed by atoms with van der Waals surface area (Å²) in [4.78, 5) is 24.4. The monoisotopic (exact) mass is 421 g/mol. The number of halogens is 1. The Hall–Kier alpha value is -2.19. The van der Waals surface area contributed by atoms with Crippen LogP contribution >= 0.6 is 0 Å². The molecule has 1 heterocycles. The molecule has 0 spiro atoms. The summed E-state index contributed by atoms with van der Waals surface area (Å²) < 4.78 is 19.6. The van der Waals surface area contributed by atoms with Gasteiger partial charge in [-0.05, 0) is 44.2 Å². The van der Waals surface area contributed by atoms with E-state index < -0.39 is 18.0 Å². The van der Waals surface area contributed by atoms with E-state index in [2.05, 4.69) is 16.0 Å². The van der Waals surface area contributed by atoms with E-state index in [4.69, 9.17) is 4.74 Å². The van der Waals surface area contributed by atoms with Gasteiger partial charge in [0.25, 0.3) is 0 Å². The molecule has 0 radical (unpaired) electrons. The normalized spacial score (nSPS) is 24.8. The first kappa shape index (κ1) is 22.5. The number of ether oxygens (including phenoxy) is 1. The van der Waals surface area contributed by atoms with Gasteiger partial charge in [-0.2, -0.15) is 0 Å². The molecule has 8 heteroatoms. The van der Waals surface area contributed by atoms with Crippen LogP contribution in [-0.4, -0.2) is 48.4 Å². The van der Waals surface area contributed by atoms with E-state index in [9.17, 15) is 19.1 Å². The average molecular weight is 422 g/mol. The van der Waals surface area contributed by atoms with Crippen molar-refractivity contribution < 1.29 is 23.8 Å². The third kappa shape index (κ3) is 6.40. The highest BCUT2D eigenvalue weighted by Gasteiger charge is 2.32. The van der Waals surface area contributed by atoms with Crippen LogP contribution in [0.5, 0.6) is 0 Å². The molecule has 166 valence electrons. The van der Waals surface area contributed by atoms with Crippen LogP contribution in [0.3, 0.4) is 0 Å².